The van der Waals surface area contributed by atoms with Crippen molar-refractivity contribution in [2.45, 2.75) is 31.6 Å². The molecule has 2 unspecified atom stereocenters. The molecule has 152 valence electrons. The van der Waals surface area contributed by atoms with E-state index >= 15 is 0 Å². The molecule has 1 aromatic carbocycles. The molecule has 0 bridgehead atoms. The van der Waals surface area contributed by atoms with E-state index in [0.717, 1.165) is 11.4 Å². The molecule has 1 aliphatic rings. The van der Waals surface area contributed by atoms with Crippen molar-refractivity contribution in [2.75, 3.05) is 11.4 Å². The Balaban J connectivity index is 1.33. The van der Waals surface area contributed by atoms with Crippen molar-refractivity contribution in [1.82, 2.24) is 30.3 Å². The lowest BCUT2D eigenvalue weighted by Gasteiger charge is -2.35. The first kappa shape index (κ1) is 19.3. The van der Waals surface area contributed by atoms with Crippen molar-refractivity contribution in [3.8, 4) is 0 Å². The fourth-order valence-corrected chi connectivity index (χ4v) is 3.47. The number of carbonyl (C=O) groups is 1. The van der Waals surface area contributed by atoms with E-state index in [1.165, 1.54) is 6.33 Å². The molecule has 1 amide bonds. The molecule has 0 spiro atoms. The second kappa shape index (κ2) is 8.58. The molecule has 3 aromatic rings. The summed E-state index contributed by atoms with van der Waals surface area (Å²) in [5.41, 5.74) is 1.11. The van der Waals surface area contributed by atoms with E-state index < -0.39 is 5.50 Å². The summed E-state index contributed by atoms with van der Waals surface area (Å²) < 4.78 is 1.68. The summed E-state index contributed by atoms with van der Waals surface area (Å²) in [4.78, 5) is 31.3. The van der Waals surface area contributed by atoms with E-state index in [1.54, 1.807) is 17.1 Å². The lowest BCUT2D eigenvalue weighted by atomic mass is 10.2. The Bertz CT molecular complexity index is 958. The van der Waals surface area contributed by atoms with E-state index in [2.05, 4.69) is 45.1 Å². The number of aromatic nitrogens is 4. The molecule has 9 nitrogen and oxygen atoms in total. The molecular formula is C19H23N7O2S. The number of thiol groups is 1. The molecule has 0 aliphatic carbocycles. The molecule has 10 heteroatoms. The number of hydrogen-bond acceptors (Lipinski definition) is 7. The van der Waals surface area contributed by atoms with Crippen LogP contribution in [-0.4, -0.2) is 43.7 Å². The fourth-order valence-electron chi connectivity index (χ4n) is 3.15. The number of carbonyl (C=O) groups excluding carboxylic acids is 1. The molecule has 29 heavy (non-hydrogen) atoms. The molecule has 1 aliphatic heterocycles. The summed E-state index contributed by atoms with van der Waals surface area (Å²) in [6, 6.07) is 10.1. The zero-order chi connectivity index (χ0) is 20.2. The first-order valence-electron chi connectivity index (χ1n) is 9.33. The maximum atomic E-state index is 12.0. The Morgan fingerprint density at radius 3 is 2.97 bits per heavy atom. The Morgan fingerprint density at radius 2 is 2.14 bits per heavy atom. The van der Waals surface area contributed by atoms with Crippen LogP contribution in [0.4, 0.5) is 5.82 Å². The van der Waals surface area contributed by atoms with Crippen LogP contribution in [-0.2, 0) is 13.2 Å². The average molecular weight is 414 g/mol. The molecule has 3 N–H and O–H groups in total. The zero-order valence-electron chi connectivity index (χ0n) is 15.9. The second-order valence-electron chi connectivity index (χ2n) is 6.81. The van der Waals surface area contributed by atoms with Gasteiger partial charge in [-0.15, -0.1) is 12.6 Å². The number of fused-ring (bicyclic) bond motifs is 1. The van der Waals surface area contributed by atoms with Gasteiger partial charge in [0.15, 0.2) is 11.6 Å². The van der Waals surface area contributed by atoms with Gasteiger partial charge in [0.25, 0.3) is 5.91 Å². The minimum atomic E-state index is -0.432. The highest BCUT2D eigenvalue weighted by atomic mass is 32.1. The van der Waals surface area contributed by atoms with Gasteiger partial charge < -0.3 is 25.4 Å². The van der Waals surface area contributed by atoms with Crippen LogP contribution in [0, 0.1) is 0 Å². The van der Waals surface area contributed by atoms with Gasteiger partial charge >= 0.3 is 0 Å². The van der Waals surface area contributed by atoms with Crippen molar-refractivity contribution in [1.29, 1.82) is 0 Å². The third-order valence-corrected chi connectivity index (χ3v) is 5.05. The number of benzene rings is 1. The van der Waals surface area contributed by atoms with Crippen LogP contribution in [0.5, 0.6) is 0 Å². The largest absolute Gasteiger partial charge is 0.408 e. The van der Waals surface area contributed by atoms with Crippen LogP contribution in [0.3, 0.4) is 0 Å². The van der Waals surface area contributed by atoms with Crippen LogP contribution in [0.2, 0.25) is 0 Å². The highest BCUT2D eigenvalue weighted by molar-refractivity contribution is 7.81. The Kier molecular flexibility index (Phi) is 5.72. The van der Waals surface area contributed by atoms with Gasteiger partial charge in [-0.3, -0.25) is 4.79 Å². The lowest BCUT2D eigenvalue weighted by molar-refractivity contribution is 0.0891. The SMILES string of the molecule is CC(CN1c2nc[nH]c2C(=O)NC1S)NCc1nccn1OCc1ccccc1. The predicted molar refractivity (Wildman–Crippen MR) is 111 cm³/mol. The van der Waals surface area contributed by atoms with Gasteiger partial charge in [0.05, 0.1) is 19.1 Å². The van der Waals surface area contributed by atoms with Gasteiger partial charge in [-0.25, -0.2) is 9.97 Å². The summed E-state index contributed by atoms with van der Waals surface area (Å²) in [5, 5.41) is 6.24. The Morgan fingerprint density at radius 1 is 1.31 bits per heavy atom. The number of nitrogens with zero attached hydrogens (tertiary/aromatic N) is 4. The topological polar surface area (TPSA) is 100 Å². The van der Waals surface area contributed by atoms with Gasteiger partial charge in [-0.1, -0.05) is 30.3 Å². The van der Waals surface area contributed by atoms with Crippen LogP contribution >= 0.6 is 12.6 Å². The van der Waals surface area contributed by atoms with E-state index in [1.807, 2.05) is 35.2 Å². The van der Waals surface area contributed by atoms with Crippen molar-refractivity contribution < 1.29 is 9.63 Å². The van der Waals surface area contributed by atoms with Gasteiger partial charge in [-0.05, 0) is 12.5 Å². The van der Waals surface area contributed by atoms with Crippen molar-refractivity contribution >= 4 is 24.4 Å². The van der Waals surface area contributed by atoms with Crippen molar-refractivity contribution in [2.24, 2.45) is 0 Å². The normalized spacial score (nSPS) is 17.0. The van der Waals surface area contributed by atoms with Gasteiger partial charge in [-0.2, -0.15) is 4.73 Å². The monoisotopic (exact) mass is 413 g/mol. The van der Waals surface area contributed by atoms with E-state index in [4.69, 9.17) is 4.84 Å². The molecule has 0 saturated heterocycles. The van der Waals surface area contributed by atoms with Crippen LogP contribution in [0.1, 0.15) is 28.8 Å². The molecule has 2 atom stereocenters. The van der Waals surface area contributed by atoms with Crippen molar-refractivity contribution in [3.63, 3.8) is 0 Å². The van der Waals surface area contributed by atoms with Crippen molar-refractivity contribution in [3.05, 3.63) is 66.1 Å². The molecule has 0 saturated carbocycles. The molecule has 0 radical (unpaired) electrons. The summed E-state index contributed by atoms with van der Waals surface area (Å²) in [7, 11) is 0. The average Bonchev–Trinajstić information content (AvgIpc) is 3.38. The number of nitrogens with one attached hydrogen (secondary N) is 3. The number of hydrogen-bond donors (Lipinski definition) is 4. The van der Waals surface area contributed by atoms with Gasteiger partial charge in [0, 0.05) is 18.8 Å². The highest BCUT2D eigenvalue weighted by Gasteiger charge is 2.31. The summed E-state index contributed by atoms with van der Waals surface area (Å²) in [6.07, 6.45) is 5.03. The maximum Gasteiger partial charge on any atom is 0.273 e. The number of amides is 1. The molecule has 0 fully saturated rings. The van der Waals surface area contributed by atoms with E-state index in [-0.39, 0.29) is 11.9 Å². The summed E-state index contributed by atoms with van der Waals surface area (Å²) in [5.74, 6) is 1.18. The Hall–Kier alpha value is -2.98. The second-order valence-corrected chi connectivity index (χ2v) is 7.30. The quantitative estimate of drug-likeness (QED) is 0.414. The maximum absolute atomic E-state index is 12.0. The number of aromatic amines is 1. The fraction of sp³-hybridized carbons (Fsp3) is 0.316. The first-order valence-corrected chi connectivity index (χ1v) is 9.85. The van der Waals surface area contributed by atoms with E-state index in [0.29, 0.717) is 31.2 Å². The van der Waals surface area contributed by atoms with Gasteiger partial charge in [0.2, 0.25) is 0 Å². The third kappa shape index (κ3) is 4.38. The first-order chi connectivity index (χ1) is 14.1. The predicted octanol–water partition coefficient (Wildman–Crippen LogP) is 1.18. The zero-order valence-corrected chi connectivity index (χ0v) is 16.8. The highest BCUT2D eigenvalue weighted by Crippen LogP contribution is 2.24. The van der Waals surface area contributed by atoms with Crippen LogP contribution in [0.15, 0.2) is 49.1 Å². The van der Waals surface area contributed by atoms with E-state index in [9.17, 15) is 4.79 Å². The minimum Gasteiger partial charge on any atom is -0.408 e. The standard InChI is InChI=1S/C19H23N7O2S/c1-13(10-25-17-16(22-12-23-17)18(27)24-19(25)29)21-9-15-20-7-8-26(15)28-11-14-5-3-2-4-6-14/h2-8,12-13,19,21,29H,9-11H2,1H3,(H,22,23)(H,24,27). The third-order valence-electron chi connectivity index (χ3n) is 4.65. The molecule has 4 rings (SSSR count). The lowest BCUT2D eigenvalue weighted by Crippen LogP contribution is -2.53. The molecule has 2 aromatic heterocycles. The molecular weight excluding hydrogens is 390 g/mol. The number of H-pyrrole nitrogens is 1. The number of imidazole rings is 2. The van der Waals surface area contributed by atoms with Crippen LogP contribution < -0.4 is 20.4 Å². The molecule has 3 heterocycles. The minimum absolute atomic E-state index is 0.0866. The van der Waals surface area contributed by atoms with Crippen LogP contribution in [0.25, 0.3) is 0 Å². The Labute approximate surface area is 173 Å². The van der Waals surface area contributed by atoms with Gasteiger partial charge in [0.1, 0.15) is 17.8 Å². The number of anilines is 1. The smallest absolute Gasteiger partial charge is 0.273 e. The summed E-state index contributed by atoms with van der Waals surface area (Å²) in [6.45, 7) is 3.67. The number of rotatable bonds is 8. The summed E-state index contributed by atoms with van der Waals surface area (Å²) >= 11 is 4.47.